The van der Waals surface area contributed by atoms with Gasteiger partial charge in [0, 0.05) is 16.7 Å². The van der Waals surface area contributed by atoms with Gasteiger partial charge in [-0.05, 0) is 43.2 Å². The Bertz CT molecular complexity index is 714. The van der Waals surface area contributed by atoms with E-state index in [0.29, 0.717) is 12.2 Å². The summed E-state index contributed by atoms with van der Waals surface area (Å²) in [6.07, 6.45) is 0. The predicted octanol–water partition coefficient (Wildman–Crippen LogP) is 3.32. The molecule has 114 valence electrons. The third-order valence-electron chi connectivity index (χ3n) is 3.16. The Labute approximate surface area is 138 Å². The Morgan fingerprint density at radius 2 is 1.82 bits per heavy atom. The van der Waals surface area contributed by atoms with Crippen molar-refractivity contribution in [2.24, 2.45) is 0 Å². The molecule has 4 nitrogen and oxygen atoms in total. The smallest absolute Gasteiger partial charge is 0.313 e. The standard InChI is InChI=1S/C17H17BrN2O2/c1-11-4-3-5-13(8-11)10-19-16(21)17(22)20-14-6-7-15(18)12(2)9-14/h3-9H,10H2,1-2H3,(H,19,21)(H,20,22). The van der Waals surface area contributed by atoms with Crippen LogP contribution in [-0.4, -0.2) is 11.8 Å². The molecule has 22 heavy (non-hydrogen) atoms. The van der Waals surface area contributed by atoms with Gasteiger partial charge in [-0.1, -0.05) is 45.8 Å². The maximum Gasteiger partial charge on any atom is 0.313 e. The molecule has 0 unspecified atom stereocenters. The summed E-state index contributed by atoms with van der Waals surface area (Å²) in [5, 5.41) is 5.20. The molecule has 0 saturated heterocycles. The van der Waals surface area contributed by atoms with Crippen molar-refractivity contribution in [3.8, 4) is 0 Å². The summed E-state index contributed by atoms with van der Waals surface area (Å²) in [6.45, 7) is 4.22. The van der Waals surface area contributed by atoms with E-state index in [-0.39, 0.29) is 0 Å². The molecular weight excluding hydrogens is 344 g/mol. The summed E-state index contributed by atoms with van der Waals surface area (Å²) in [7, 11) is 0. The Balaban J connectivity index is 1.92. The van der Waals surface area contributed by atoms with Crippen molar-refractivity contribution in [1.29, 1.82) is 0 Å². The SMILES string of the molecule is Cc1cccc(CNC(=O)C(=O)Nc2ccc(Br)c(C)c2)c1. The topological polar surface area (TPSA) is 58.2 Å². The molecule has 5 heteroatoms. The minimum atomic E-state index is -0.672. The Morgan fingerprint density at radius 3 is 2.50 bits per heavy atom. The maximum absolute atomic E-state index is 11.9. The second-order valence-corrected chi connectivity index (χ2v) is 5.94. The number of rotatable bonds is 3. The first kappa shape index (κ1) is 16.2. The third-order valence-corrected chi connectivity index (χ3v) is 4.05. The third kappa shape index (κ3) is 4.43. The van der Waals surface area contributed by atoms with Gasteiger partial charge in [-0.3, -0.25) is 9.59 Å². The predicted molar refractivity (Wildman–Crippen MR) is 90.5 cm³/mol. The van der Waals surface area contributed by atoms with E-state index in [1.165, 1.54) is 0 Å². The van der Waals surface area contributed by atoms with Gasteiger partial charge in [0.2, 0.25) is 0 Å². The molecule has 2 aromatic carbocycles. The number of hydrogen-bond donors (Lipinski definition) is 2. The van der Waals surface area contributed by atoms with E-state index < -0.39 is 11.8 Å². The molecule has 0 saturated carbocycles. The second-order valence-electron chi connectivity index (χ2n) is 5.09. The van der Waals surface area contributed by atoms with Crippen LogP contribution in [0.25, 0.3) is 0 Å². The summed E-state index contributed by atoms with van der Waals surface area (Å²) >= 11 is 3.39. The number of halogens is 1. The number of carbonyl (C=O) groups is 2. The van der Waals surface area contributed by atoms with Gasteiger partial charge in [0.05, 0.1) is 0 Å². The summed E-state index contributed by atoms with van der Waals surface area (Å²) in [5.74, 6) is -1.32. The fourth-order valence-corrected chi connectivity index (χ4v) is 2.24. The lowest BCUT2D eigenvalue weighted by Gasteiger charge is -2.08. The molecule has 2 rings (SSSR count). The molecule has 0 aliphatic carbocycles. The molecule has 0 radical (unpaired) electrons. The van der Waals surface area contributed by atoms with Crippen LogP contribution in [0.1, 0.15) is 16.7 Å². The van der Waals surface area contributed by atoms with Gasteiger partial charge >= 0.3 is 11.8 Å². The van der Waals surface area contributed by atoms with Gasteiger partial charge < -0.3 is 10.6 Å². The zero-order valence-corrected chi connectivity index (χ0v) is 14.0. The van der Waals surface area contributed by atoms with Gasteiger partial charge in [-0.25, -0.2) is 0 Å². The van der Waals surface area contributed by atoms with Crippen LogP contribution in [-0.2, 0) is 16.1 Å². The summed E-state index contributed by atoms with van der Waals surface area (Å²) in [6, 6.07) is 13.1. The average molecular weight is 361 g/mol. The average Bonchev–Trinajstić information content (AvgIpc) is 2.48. The minimum Gasteiger partial charge on any atom is -0.344 e. The van der Waals surface area contributed by atoms with Crippen LogP contribution in [0.4, 0.5) is 5.69 Å². The van der Waals surface area contributed by atoms with E-state index in [4.69, 9.17) is 0 Å². The van der Waals surface area contributed by atoms with Crippen molar-refractivity contribution < 1.29 is 9.59 Å². The van der Waals surface area contributed by atoms with Crippen LogP contribution in [0.5, 0.6) is 0 Å². The summed E-state index contributed by atoms with van der Waals surface area (Å²) < 4.78 is 0.953. The number of benzene rings is 2. The first-order chi connectivity index (χ1) is 10.5. The lowest BCUT2D eigenvalue weighted by atomic mass is 10.1. The summed E-state index contributed by atoms with van der Waals surface area (Å²) in [5.41, 5.74) is 3.65. The molecule has 2 N–H and O–H groups in total. The van der Waals surface area contributed by atoms with E-state index in [1.54, 1.807) is 12.1 Å². The van der Waals surface area contributed by atoms with Crippen LogP contribution >= 0.6 is 15.9 Å². The van der Waals surface area contributed by atoms with Gasteiger partial charge in [-0.2, -0.15) is 0 Å². The maximum atomic E-state index is 11.9. The fraction of sp³-hybridized carbons (Fsp3) is 0.176. The molecule has 2 aromatic rings. The quantitative estimate of drug-likeness (QED) is 0.824. The van der Waals surface area contributed by atoms with Gasteiger partial charge in [0.25, 0.3) is 0 Å². The number of anilines is 1. The van der Waals surface area contributed by atoms with Crippen molar-refractivity contribution in [3.05, 3.63) is 63.6 Å². The van der Waals surface area contributed by atoms with Crippen molar-refractivity contribution in [2.75, 3.05) is 5.32 Å². The number of nitrogens with one attached hydrogen (secondary N) is 2. The molecule has 0 heterocycles. The molecule has 0 spiro atoms. The Hall–Kier alpha value is -2.14. The number of hydrogen-bond acceptors (Lipinski definition) is 2. The van der Waals surface area contributed by atoms with E-state index in [0.717, 1.165) is 21.2 Å². The van der Waals surface area contributed by atoms with Crippen molar-refractivity contribution in [2.45, 2.75) is 20.4 Å². The monoisotopic (exact) mass is 360 g/mol. The number of carbonyl (C=O) groups excluding carboxylic acids is 2. The van der Waals surface area contributed by atoms with E-state index in [9.17, 15) is 9.59 Å². The molecule has 0 atom stereocenters. The lowest BCUT2D eigenvalue weighted by Crippen LogP contribution is -2.34. The Morgan fingerprint density at radius 1 is 1.05 bits per heavy atom. The molecule has 0 bridgehead atoms. The van der Waals surface area contributed by atoms with Crippen LogP contribution in [0, 0.1) is 13.8 Å². The van der Waals surface area contributed by atoms with Crippen molar-refractivity contribution in [1.82, 2.24) is 5.32 Å². The first-order valence-corrected chi connectivity index (χ1v) is 7.66. The van der Waals surface area contributed by atoms with Crippen LogP contribution in [0.2, 0.25) is 0 Å². The van der Waals surface area contributed by atoms with Gasteiger partial charge in [-0.15, -0.1) is 0 Å². The second kappa shape index (κ2) is 7.22. The summed E-state index contributed by atoms with van der Waals surface area (Å²) in [4.78, 5) is 23.7. The van der Waals surface area contributed by atoms with Gasteiger partial charge in [0.1, 0.15) is 0 Å². The molecular formula is C17H17BrN2O2. The zero-order chi connectivity index (χ0) is 16.1. The normalized spacial score (nSPS) is 10.1. The number of aryl methyl sites for hydroxylation is 2. The molecule has 0 aliphatic rings. The number of amides is 2. The first-order valence-electron chi connectivity index (χ1n) is 6.86. The molecule has 0 aliphatic heterocycles. The molecule has 0 aromatic heterocycles. The van der Waals surface area contributed by atoms with Crippen LogP contribution in [0.3, 0.4) is 0 Å². The lowest BCUT2D eigenvalue weighted by molar-refractivity contribution is -0.136. The van der Waals surface area contributed by atoms with E-state index >= 15 is 0 Å². The van der Waals surface area contributed by atoms with Crippen LogP contribution in [0.15, 0.2) is 46.9 Å². The van der Waals surface area contributed by atoms with E-state index in [1.807, 2.05) is 44.2 Å². The Kier molecular flexibility index (Phi) is 5.33. The molecule has 0 fully saturated rings. The minimum absolute atomic E-state index is 0.327. The largest absolute Gasteiger partial charge is 0.344 e. The zero-order valence-electron chi connectivity index (χ0n) is 12.4. The highest BCUT2D eigenvalue weighted by Gasteiger charge is 2.13. The highest BCUT2D eigenvalue weighted by molar-refractivity contribution is 9.10. The van der Waals surface area contributed by atoms with E-state index in [2.05, 4.69) is 26.6 Å². The van der Waals surface area contributed by atoms with Crippen LogP contribution < -0.4 is 10.6 Å². The van der Waals surface area contributed by atoms with Crippen molar-refractivity contribution in [3.63, 3.8) is 0 Å². The van der Waals surface area contributed by atoms with Crippen molar-refractivity contribution >= 4 is 33.4 Å². The highest BCUT2D eigenvalue weighted by atomic mass is 79.9. The van der Waals surface area contributed by atoms with Gasteiger partial charge in [0.15, 0.2) is 0 Å². The fourth-order valence-electron chi connectivity index (χ4n) is 2.00. The highest BCUT2D eigenvalue weighted by Crippen LogP contribution is 2.19. The molecule has 2 amide bonds.